The number of aliphatic carboxylic acids is 1. The summed E-state index contributed by atoms with van der Waals surface area (Å²) >= 11 is 0. The average Bonchev–Trinajstić information content (AvgIpc) is 2.01. The molecular formula is C10H19NO2Si. The predicted molar refractivity (Wildman–Crippen MR) is 62.2 cm³/mol. The first-order valence-electron chi connectivity index (χ1n) is 4.61. The van der Waals surface area contributed by atoms with Crippen molar-refractivity contribution < 1.29 is 9.90 Å². The van der Waals surface area contributed by atoms with Gasteiger partial charge in [0.2, 0.25) is 0 Å². The number of carboxylic acids is 1. The lowest BCUT2D eigenvalue weighted by atomic mass is 9.87. The fraction of sp³-hybridized carbons (Fsp3) is 0.500. The van der Waals surface area contributed by atoms with Crippen LogP contribution in [-0.4, -0.2) is 27.0 Å². The molecule has 80 valence electrons. The molecule has 0 amide bonds. The van der Waals surface area contributed by atoms with Crippen LogP contribution in [0.25, 0.3) is 0 Å². The SMILES string of the molecule is C=CC([SiH3])NC=C(C(=O)O)C(C)(C)C. The molecule has 1 atom stereocenters. The molecule has 0 aliphatic heterocycles. The maximum atomic E-state index is 10.9. The second kappa shape index (κ2) is 5.00. The van der Waals surface area contributed by atoms with Gasteiger partial charge in [-0.15, -0.1) is 6.58 Å². The molecule has 0 aromatic rings. The monoisotopic (exact) mass is 213 g/mol. The Morgan fingerprint density at radius 1 is 1.57 bits per heavy atom. The lowest BCUT2D eigenvalue weighted by molar-refractivity contribution is -0.133. The second-order valence-corrected chi connectivity index (χ2v) is 5.55. The minimum Gasteiger partial charge on any atom is -0.478 e. The van der Waals surface area contributed by atoms with Gasteiger partial charge in [-0.05, 0) is 5.41 Å². The highest BCUT2D eigenvalue weighted by atomic mass is 28.1. The second-order valence-electron chi connectivity index (χ2n) is 4.30. The molecule has 0 aromatic heterocycles. The molecule has 0 spiro atoms. The van der Waals surface area contributed by atoms with Crippen LogP contribution in [-0.2, 0) is 4.79 Å². The zero-order chi connectivity index (χ0) is 11.4. The number of hydrogen-bond donors (Lipinski definition) is 2. The van der Waals surface area contributed by atoms with Crippen molar-refractivity contribution in [2.24, 2.45) is 5.41 Å². The molecule has 0 bridgehead atoms. The summed E-state index contributed by atoms with van der Waals surface area (Å²) in [6, 6.07) is 0. The van der Waals surface area contributed by atoms with Gasteiger partial charge < -0.3 is 10.4 Å². The summed E-state index contributed by atoms with van der Waals surface area (Å²) in [5, 5.41) is 12.0. The van der Waals surface area contributed by atoms with E-state index in [0.29, 0.717) is 5.57 Å². The number of carboxylic acid groups (broad SMARTS) is 1. The Balaban J connectivity index is 4.67. The number of rotatable bonds is 4. The van der Waals surface area contributed by atoms with Gasteiger partial charge in [-0.1, -0.05) is 26.8 Å². The highest BCUT2D eigenvalue weighted by Crippen LogP contribution is 2.24. The molecule has 0 radical (unpaired) electrons. The number of carbonyl (C=O) groups is 1. The van der Waals surface area contributed by atoms with E-state index in [-0.39, 0.29) is 11.1 Å². The summed E-state index contributed by atoms with van der Waals surface area (Å²) in [5.41, 5.74) is 0.258. The summed E-state index contributed by atoms with van der Waals surface area (Å²) in [7, 11) is 0.911. The van der Waals surface area contributed by atoms with Crippen molar-refractivity contribution in [3.05, 3.63) is 24.4 Å². The fourth-order valence-electron chi connectivity index (χ4n) is 0.882. The van der Waals surface area contributed by atoms with Crippen molar-refractivity contribution in [1.29, 1.82) is 0 Å². The number of hydrogen-bond acceptors (Lipinski definition) is 2. The summed E-state index contributed by atoms with van der Waals surface area (Å²) in [6.07, 6.45) is 3.37. The van der Waals surface area contributed by atoms with Crippen molar-refractivity contribution in [2.45, 2.75) is 26.4 Å². The third-order valence-electron chi connectivity index (χ3n) is 1.88. The molecule has 0 saturated carbocycles. The molecule has 0 heterocycles. The Morgan fingerprint density at radius 3 is 2.36 bits per heavy atom. The van der Waals surface area contributed by atoms with Crippen LogP contribution in [0.3, 0.4) is 0 Å². The van der Waals surface area contributed by atoms with Crippen LogP contribution in [0.15, 0.2) is 24.4 Å². The van der Waals surface area contributed by atoms with E-state index in [1.54, 1.807) is 12.3 Å². The molecule has 0 rings (SSSR count). The van der Waals surface area contributed by atoms with Gasteiger partial charge in [0, 0.05) is 22.1 Å². The maximum Gasteiger partial charge on any atom is 0.333 e. The van der Waals surface area contributed by atoms with Crippen LogP contribution in [0.1, 0.15) is 20.8 Å². The van der Waals surface area contributed by atoms with E-state index in [2.05, 4.69) is 11.9 Å². The van der Waals surface area contributed by atoms with Gasteiger partial charge in [-0.2, -0.15) is 0 Å². The van der Waals surface area contributed by atoms with Crippen molar-refractivity contribution in [1.82, 2.24) is 5.32 Å². The van der Waals surface area contributed by atoms with Gasteiger partial charge in [-0.3, -0.25) is 0 Å². The molecule has 0 aliphatic rings. The van der Waals surface area contributed by atoms with Gasteiger partial charge in [0.1, 0.15) is 0 Å². The van der Waals surface area contributed by atoms with E-state index < -0.39 is 5.97 Å². The normalized spacial score (nSPS) is 14.9. The van der Waals surface area contributed by atoms with Gasteiger partial charge in [0.15, 0.2) is 0 Å². The third kappa shape index (κ3) is 4.27. The first kappa shape index (κ1) is 13.0. The first-order valence-corrected chi connectivity index (χ1v) is 5.77. The topological polar surface area (TPSA) is 49.3 Å². The highest BCUT2D eigenvalue weighted by Gasteiger charge is 2.23. The molecular weight excluding hydrogens is 194 g/mol. The Hall–Kier alpha value is -1.03. The Bertz CT molecular complexity index is 253. The van der Waals surface area contributed by atoms with Gasteiger partial charge in [-0.25, -0.2) is 4.79 Å². The molecule has 1 unspecified atom stereocenters. The van der Waals surface area contributed by atoms with Gasteiger partial charge >= 0.3 is 5.97 Å². The lowest BCUT2D eigenvalue weighted by Gasteiger charge is -2.20. The largest absolute Gasteiger partial charge is 0.478 e. The lowest BCUT2D eigenvalue weighted by Crippen LogP contribution is -2.26. The van der Waals surface area contributed by atoms with Crippen LogP contribution in [0, 0.1) is 5.41 Å². The van der Waals surface area contributed by atoms with Crippen LogP contribution in [0.2, 0.25) is 0 Å². The van der Waals surface area contributed by atoms with E-state index in [1.807, 2.05) is 20.8 Å². The molecule has 0 fully saturated rings. The molecule has 4 heteroatoms. The standard InChI is InChI=1S/C10H19NO2Si/c1-5-8(14)11-6-7(9(12)13)10(2,3)4/h5-6,8,11H,1H2,2-4,14H3,(H,12,13). The smallest absolute Gasteiger partial charge is 0.333 e. The molecule has 0 aromatic carbocycles. The van der Waals surface area contributed by atoms with E-state index >= 15 is 0 Å². The quantitative estimate of drug-likeness (QED) is 0.405. The van der Waals surface area contributed by atoms with Gasteiger partial charge in [0.25, 0.3) is 0 Å². The molecule has 3 nitrogen and oxygen atoms in total. The molecule has 0 aliphatic carbocycles. The highest BCUT2D eigenvalue weighted by molar-refractivity contribution is 6.13. The summed E-state index contributed by atoms with van der Waals surface area (Å²) < 4.78 is 0. The third-order valence-corrected chi connectivity index (χ3v) is 2.69. The maximum absolute atomic E-state index is 10.9. The van der Waals surface area contributed by atoms with Crippen molar-refractivity contribution in [3.8, 4) is 0 Å². The zero-order valence-corrected chi connectivity index (χ0v) is 11.3. The van der Waals surface area contributed by atoms with Gasteiger partial charge in [0.05, 0.1) is 5.57 Å². The summed E-state index contributed by atoms with van der Waals surface area (Å²) in [6.45, 7) is 9.28. The van der Waals surface area contributed by atoms with Crippen LogP contribution in [0.5, 0.6) is 0 Å². The van der Waals surface area contributed by atoms with E-state index in [9.17, 15) is 4.79 Å². The Labute approximate surface area is 88.3 Å². The van der Waals surface area contributed by atoms with Crippen molar-refractivity contribution in [2.75, 3.05) is 0 Å². The fourth-order valence-corrected chi connectivity index (χ4v) is 1.05. The first-order chi connectivity index (χ1) is 6.29. The molecule has 0 saturated heterocycles. The van der Waals surface area contributed by atoms with E-state index in [1.165, 1.54) is 0 Å². The average molecular weight is 213 g/mol. The van der Waals surface area contributed by atoms with Crippen molar-refractivity contribution in [3.63, 3.8) is 0 Å². The minimum atomic E-state index is -0.872. The van der Waals surface area contributed by atoms with E-state index in [0.717, 1.165) is 10.2 Å². The summed E-state index contributed by atoms with van der Waals surface area (Å²) in [5.74, 6) is -0.872. The minimum absolute atomic E-state index is 0.215. The van der Waals surface area contributed by atoms with Crippen LogP contribution < -0.4 is 5.32 Å². The predicted octanol–water partition coefficient (Wildman–Crippen LogP) is 0.468. The zero-order valence-electron chi connectivity index (χ0n) is 9.29. The molecule has 14 heavy (non-hydrogen) atoms. The molecule has 2 N–H and O–H groups in total. The Kier molecular flexibility index (Phi) is 4.63. The Morgan fingerprint density at radius 2 is 2.07 bits per heavy atom. The van der Waals surface area contributed by atoms with Crippen LogP contribution in [0.4, 0.5) is 0 Å². The summed E-state index contributed by atoms with van der Waals surface area (Å²) in [4.78, 5) is 10.9. The van der Waals surface area contributed by atoms with E-state index in [4.69, 9.17) is 5.11 Å². The number of nitrogens with one attached hydrogen (secondary N) is 1. The van der Waals surface area contributed by atoms with Crippen LogP contribution >= 0.6 is 0 Å². The van der Waals surface area contributed by atoms with Crippen molar-refractivity contribution >= 4 is 16.2 Å².